The van der Waals surface area contributed by atoms with Crippen molar-refractivity contribution in [3.63, 3.8) is 0 Å². The second-order valence-electron chi connectivity index (χ2n) is 4.40. The molecule has 0 radical (unpaired) electrons. The van der Waals surface area contributed by atoms with Crippen LogP contribution in [0.3, 0.4) is 0 Å². The van der Waals surface area contributed by atoms with Crippen LogP contribution in [0.4, 0.5) is 0 Å². The van der Waals surface area contributed by atoms with Gasteiger partial charge in [0, 0.05) is 25.0 Å². The van der Waals surface area contributed by atoms with Gasteiger partial charge in [0.1, 0.15) is 0 Å². The molecule has 2 atom stereocenters. The fraction of sp³-hybridized carbons (Fsp3) is 0.636. The Balaban J connectivity index is 1.66. The minimum absolute atomic E-state index is 0.934. The third kappa shape index (κ3) is 1.39. The molecule has 1 aliphatic carbocycles. The second kappa shape index (κ2) is 2.88. The van der Waals surface area contributed by atoms with Crippen molar-refractivity contribution in [2.45, 2.75) is 31.8 Å². The first kappa shape index (κ1) is 7.63. The van der Waals surface area contributed by atoms with Crippen molar-refractivity contribution in [1.29, 1.82) is 0 Å². The highest BCUT2D eigenvalue weighted by Crippen LogP contribution is 2.43. The summed E-state index contributed by atoms with van der Waals surface area (Å²) in [4.78, 5) is 5.77. The van der Waals surface area contributed by atoms with Crippen molar-refractivity contribution in [2.24, 2.45) is 5.92 Å². The SMILES string of the molecule is c1cc(CN2CCCC3CC32)c[nH]1. The second-order valence-corrected chi connectivity index (χ2v) is 4.40. The van der Waals surface area contributed by atoms with Gasteiger partial charge in [-0.25, -0.2) is 0 Å². The number of nitrogens with zero attached hydrogens (tertiary/aromatic N) is 1. The normalized spacial score (nSPS) is 32.9. The summed E-state index contributed by atoms with van der Waals surface area (Å²) in [7, 11) is 0. The Bertz CT molecular complexity index is 278. The Hall–Kier alpha value is -0.760. The van der Waals surface area contributed by atoms with E-state index >= 15 is 0 Å². The number of piperidine rings is 1. The first-order chi connectivity index (χ1) is 6.43. The van der Waals surface area contributed by atoms with E-state index in [0.29, 0.717) is 0 Å². The minimum atomic E-state index is 0.934. The number of H-pyrrole nitrogens is 1. The topological polar surface area (TPSA) is 19.0 Å². The highest BCUT2D eigenvalue weighted by atomic mass is 15.2. The van der Waals surface area contributed by atoms with Gasteiger partial charge < -0.3 is 4.98 Å². The van der Waals surface area contributed by atoms with Gasteiger partial charge in [-0.05, 0) is 43.4 Å². The van der Waals surface area contributed by atoms with Crippen LogP contribution >= 0.6 is 0 Å². The lowest BCUT2D eigenvalue weighted by Gasteiger charge is -2.25. The maximum atomic E-state index is 3.12. The molecule has 2 fully saturated rings. The molecule has 0 amide bonds. The van der Waals surface area contributed by atoms with E-state index in [-0.39, 0.29) is 0 Å². The van der Waals surface area contributed by atoms with Gasteiger partial charge in [0.15, 0.2) is 0 Å². The molecule has 2 heterocycles. The lowest BCUT2D eigenvalue weighted by Crippen LogP contribution is -2.30. The van der Waals surface area contributed by atoms with Crippen molar-refractivity contribution < 1.29 is 0 Å². The zero-order valence-electron chi connectivity index (χ0n) is 7.87. The van der Waals surface area contributed by atoms with Crippen LogP contribution in [0.1, 0.15) is 24.8 Å². The monoisotopic (exact) mass is 176 g/mol. The van der Waals surface area contributed by atoms with Crippen LogP contribution in [0, 0.1) is 5.92 Å². The quantitative estimate of drug-likeness (QED) is 0.730. The molecule has 70 valence electrons. The number of hydrogen-bond acceptors (Lipinski definition) is 1. The maximum Gasteiger partial charge on any atom is 0.0251 e. The van der Waals surface area contributed by atoms with Gasteiger partial charge in [0.25, 0.3) is 0 Å². The highest BCUT2D eigenvalue weighted by molar-refractivity contribution is 5.10. The van der Waals surface area contributed by atoms with E-state index in [1.165, 1.54) is 31.4 Å². The Morgan fingerprint density at radius 3 is 3.38 bits per heavy atom. The first-order valence-electron chi connectivity index (χ1n) is 5.29. The van der Waals surface area contributed by atoms with Crippen molar-refractivity contribution in [3.8, 4) is 0 Å². The van der Waals surface area contributed by atoms with E-state index < -0.39 is 0 Å². The summed E-state index contributed by atoms with van der Waals surface area (Å²) < 4.78 is 0. The third-order valence-corrected chi connectivity index (χ3v) is 3.42. The Morgan fingerprint density at radius 1 is 1.54 bits per heavy atom. The average molecular weight is 176 g/mol. The van der Waals surface area contributed by atoms with Gasteiger partial charge in [-0.1, -0.05) is 0 Å². The number of nitrogens with one attached hydrogen (secondary N) is 1. The van der Waals surface area contributed by atoms with Crippen LogP contribution in [-0.2, 0) is 6.54 Å². The van der Waals surface area contributed by atoms with E-state index in [4.69, 9.17) is 0 Å². The summed E-state index contributed by atoms with van der Waals surface area (Å²) in [5.74, 6) is 1.05. The number of hydrogen-bond donors (Lipinski definition) is 1. The van der Waals surface area contributed by atoms with E-state index in [2.05, 4.69) is 22.1 Å². The maximum absolute atomic E-state index is 3.12. The smallest absolute Gasteiger partial charge is 0.0251 e. The van der Waals surface area contributed by atoms with Gasteiger partial charge in [0.05, 0.1) is 0 Å². The lowest BCUT2D eigenvalue weighted by atomic mass is 10.1. The summed E-state index contributed by atoms with van der Waals surface area (Å²) >= 11 is 0. The molecular formula is C11H16N2. The fourth-order valence-electron chi connectivity index (χ4n) is 2.60. The van der Waals surface area contributed by atoms with E-state index in [1.807, 2.05) is 6.20 Å². The number of aromatic amines is 1. The summed E-state index contributed by atoms with van der Waals surface area (Å²) in [5.41, 5.74) is 1.44. The summed E-state index contributed by atoms with van der Waals surface area (Å²) in [6, 6.07) is 3.12. The van der Waals surface area contributed by atoms with Crippen molar-refractivity contribution >= 4 is 0 Å². The predicted octanol–water partition coefficient (Wildman–Crippen LogP) is 2.00. The Labute approximate surface area is 78.9 Å². The van der Waals surface area contributed by atoms with Gasteiger partial charge >= 0.3 is 0 Å². The summed E-state index contributed by atoms with van der Waals surface area (Å²) in [5, 5.41) is 0. The summed E-state index contributed by atoms with van der Waals surface area (Å²) in [6.45, 7) is 2.47. The molecular weight excluding hydrogens is 160 g/mol. The molecule has 1 saturated heterocycles. The Morgan fingerprint density at radius 2 is 2.54 bits per heavy atom. The molecule has 1 aromatic heterocycles. The van der Waals surface area contributed by atoms with Crippen LogP contribution in [-0.4, -0.2) is 22.5 Å². The van der Waals surface area contributed by atoms with Crippen molar-refractivity contribution in [2.75, 3.05) is 6.54 Å². The zero-order chi connectivity index (χ0) is 8.67. The molecule has 2 aliphatic rings. The molecule has 2 nitrogen and oxygen atoms in total. The molecule has 0 spiro atoms. The average Bonchev–Trinajstić information content (AvgIpc) is 2.77. The minimum Gasteiger partial charge on any atom is -0.367 e. The molecule has 3 rings (SSSR count). The largest absolute Gasteiger partial charge is 0.367 e. The fourth-order valence-corrected chi connectivity index (χ4v) is 2.60. The standard InChI is InChI=1S/C11H16N2/c1-2-10-6-11(10)13(5-1)8-9-3-4-12-7-9/h3-4,7,10-12H,1-2,5-6,8H2. The van der Waals surface area contributed by atoms with Crippen LogP contribution in [0.25, 0.3) is 0 Å². The van der Waals surface area contributed by atoms with Gasteiger partial charge in [-0.3, -0.25) is 4.90 Å². The number of fused-ring (bicyclic) bond motifs is 1. The first-order valence-corrected chi connectivity index (χ1v) is 5.29. The number of aromatic nitrogens is 1. The number of rotatable bonds is 2. The molecule has 13 heavy (non-hydrogen) atoms. The van der Waals surface area contributed by atoms with Crippen LogP contribution in [0.5, 0.6) is 0 Å². The molecule has 0 bridgehead atoms. The van der Waals surface area contributed by atoms with E-state index in [0.717, 1.165) is 18.5 Å². The van der Waals surface area contributed by atoms with Gasteiger partial charge in [0.2, 0.25) is 0 Å². The lowest BCUT2D eigenvalue weighted by molar-refractivity contribution is 0.207. The zero-order valence-corrected chi connectivity index (χ0v) is 7.87. The van der Waals surface area contributed by atoms with Gasteiger partial charge in [-0.2, -0.15) is 0 Å². The highest BCUT2D eigenvalue weighted by Gasteiger charge is 2.43. The third-order valence-electron chi connectivity index (χ3n) is 3.42. The molecule has 2 unspecified atom stereocenters. The molecule has 1 saturated carbocycles. The number of likely N-dealkylation sites (tertiary alicyclic amines) is 1. The molecule has 1 aromatic rings. The molecule has 1 N–H and O–H groups in total. The van der Waals surface area contributed by atoms with Crippen LogP contribution in [0.2, 0.25) is 0 Å². The molecule has 0 aromatic carbocycles. The van der Waals surface area contributed by atoms with E-state index in [1.54, 1.807) is 0 Å². The van der Waals surface area contributed by atoms with Crippen molar-refractivity contribution in [3.05, 3.63) is 24.0 Å². The van der Waals surface area contributed by atoms with E-state index in [9.17, 15) is 0 Å². The molecule has 2 heteroatoms. The van der Waals surface area contributed by atoms with Gasteiger partial charge in [-0.15, -0.1) is 0 Å². The Kier molecular flexibility index (Phi) is 1.69. The predicted molar refractivity (Wildman–Crippen MR) is 52.3 cm³/mol. The van der Waals surface area contributed by atoms with Crippen LogP contribution in [0.15, 0.2) is 18.5 Å². The summed E-state index contributed by atoms with van der Waals surface area (Å²) in [6.07, 6.45) is 8.49. The molecule has 1 aliphatic heterocycles. The van der Waals surface area contributed by atoms with Crippen LogP contribution < -0.4 is 0 Å². The van der Waals surface area contributed by atoms with Crippen molar-refractivity contribution in [1.82, 2.24) is 9.88 Å².